The minimum atomic E-state index is -3.22. The fourth-order valence-electron chi connectivity index (χ4n) is 9.28. The molecule has 0 aliphatic carbocycles. The Hall–Kier alpha value is -3.84. The van der Waals surface area contributed by atoms with E-state index in [-0.39, 0.29) is 24.5 Å². The number of nitrogens with zero attached hydrogens (tertiary/aromatic N) is 1. The minimum Gasteiger partial charge on any atom is -0.459 e. The molecule has 60 heavy (non-hydrogen) atoms. The predicted octanol–water partition coefficient (Wildman–Crippen LogP) is 7.87. The summed E-state index contributed by atoms with van der Waals surface area (Å²) in [6, 6.07) is 29.2. The van der Waals surface area contributed by atoms with Crippen molar-refractivity contribution < 1.29 is 42.8 Å². The van der Waals surface area contributed by atoms with Crippen molar-refractivity contribution >= 4 is 30.6 Å². The van der Waals surface area contributed by atoms with Gasteiger partial charge in [0.1, 0.15) is 12.4 Å². The Labute approximate surface area is 359 Å². The molecule has 1 fully saturated rings. The van der Waals surface area contributed by atoms with E-state index in [4.69, 9.17) is 28.4 Å². The van der Waals surface area contributed by atoms with E-state index in [2.05, 4.69) is 63.8 Å². The first-order chi connectivity index (χ1) is 28.2. The first kappa shape index (κ1) is 47.2. The van der Waals surface area contributed by atoms with Crippen LogP contribution in [0.25, 0.3) is 0 Å². The minimum absolute atomic E-state index is 0.0491. The zero-order valence-corrected chi connectivity index (χ0v) is 38.9. The number of rotatable bonds is 18. The largest absolute Gasteiger partial charge is 0.459 e. The van der Waals surface area contributed by atoms with E-state index >= 15 is 0 Å². The normalized spacial score (nSPS) is 23.5. The van der Waals surface area contributed by atoms with Crippen molar-refractivity contribution in [1.29, 1.82) is 0 Å². The number of ether oxygens (including phenoxy) is 6. The second-order valence-corrected chi connectivity index (χ2v) is 22.6. The van der Waals surface area contributed by atoms with Crippen molar-refractivity contribution in [3.8, 4) is 0 Å². The number of hydrogen-bond acceptors (Lipinski definition) is 10. The van der Waals surface area contributed by atoms with Crippen LogP contribution in [0.3, 0.4) is 0 Å². The van der Waals surface area contributed by atoms with Gasteiger partial charge in [0.15, 0.2) is 6.29 Å². The van der Waals surface area contributed by atoms with Gasteiger partial charge in [-0.3, -0.25) is 0 Å². The smallest absolute Gasteiger partial charge is 0.340 e. The van der Waals surface area contributed by atoms with E-state index in [0.29, 0.717) is 29.7 Å². The molecule has 1 saturated heterocycles. The van der Waals surface area contributed by atoms with Crippen molar-refractivity contribution in [2.45, 2.75) is 129 Å². The van der Waals surface area contributed by atoms with Gasteiger partial charge < -0.3 is 38.1 Å². The number of carbonyl (C=O) groups excluding carboxylic acids is 2. The predicted molar refractivity (Wildman–Crippen MR) is 237 cm³/mol. The molecular formula is C49H69NO9Si. The van der Waals surface area contributed by atoms with Crippen LogP contribution in [0.2, 0.25) is 5.04 Å². The topological polar surface area (TPSA) is 113 Å². The molecule has 11 heteroatoms. The summed E-state index contributed by atoms with van der Waals surface area (Å²) >= 11 is 0. The lowest BCUT2D eigenvalue weighted by Gasteiger charge is -2.48. The molecule has 0 radical (unpaired) electrons. The molecule has 1 unspecified atom stereocenters. The molecule has 5 rings (SSSR count). The average Bonchev–Trinajstić information content (AvgIpc) is 3.23. The summed E-state index contributed by atoms with van der Waals surface area (Å²) in [6.07, 6.45) is 1.01. The third kappa shape index (κ3) is 10.6. The van der Waals surface area contributed by atoms with Gasteiger partial charge in [-0.2, -0.15) is 0 Å². The Morgan fingerprint density at radius 3 is 2.02 bits per heavy atom. The molecule has 0 bridgehead atoms. The van der Waals surface area contributed by atoms with Gasteiger partial charge in [0, 0.05) is 38.8 Å². The van der Waals surface area contributed by atoms with E-state index in [1.165, 1.54) is 0 Å². The standard InChI is InChI=1S/C49H69NO9Si/c1-33(28-29-47(5,6)60(53,39-24-18-14-19-25-39)40-26-20-15-21-27-40)31-49(9,54-12)43(35(3)42-36(4)44(51)59-48(7,8)58-42)57-46-34(2)41(50(10)11)30-38(56-46)32-55-45(52)37-22-16-13-17-23-37/h13-27,33-35,38,41,43,46,53H,28-32H2,1-12H3/t33-,34+,35-,38-,41?,43+,46-,49+/m0/s1. The average molecular weight is 844 g/mol. The van der Waals surface area contributed by atoms with Gasteiger partial charge in [-0.15, -0.1) is 0 Å². The molecule has 3 aromatic carbocycles. The number of methoxy groups -OCH3 is 1. The van der Waals surface area contributed by atoms with Gasteiger partial charge in [0.2, 0.25) is 5.79 Å². The zero-order chi connectivity index (χ0) is 44.0. The van der Waals surface area contributed by atoms with Crippen molar-refractivity contribution in [3.63, 3.8) is 0 Å². The molecule has 0 spiro atoms. The number of esters is 2. The second-order valence-electron chi connectivity index (χ2n) is 18.6. The maximum Gasteiger partial charge on any atom is 0.340 e. The molecule has 2 heterocycles. The SMILES string of the molecule is CO[C@](C)(C[C@@H](C)CCC(C)(C)[Si](O)(c1ccccc1)c1ccccc1)[C@H](O[C@@H]1O[C@H](COC(=O)c2ccccc2)CC(N(C)C)[C@H]1C)[C@@H](C)C1=C(C)C(=O)OC(C)(C)O1. The van der Waals surface area contributed by atoms with Crippen molar-refractivity contribution in [1.82, 2.24) is 4.90 Å². The van der Waals surface area contributed by atoms with Crippen LogP contribution in [0.4, 0.5) is 0 Å². The molecule has 2 aliphatic rings. The van der Waals surface area contributed by atoms with Crippen LogP contribution in [0.5, 0.6) is 0 Å². The Balaban J connectivity index is 1.44. The molecule has 328 valence electrons. The number of hydrogen-bond donors (Lipinski definition) is 1. The van der Waals surface area contributed by atoms with Crippen molar-refractivity contribution in [3.05, 3.63) is 108 Å². The molecule has 1 N–H and O–H groups in total. The lowest BCUT2D eigenvalue weighted by molar-refractivity contribution is -0.290. The monoisotopic (exact) mass is 843 g/mol. The van der Waals surface area contributed by atoms with Gasteiger partial charge in [-0.25, -0.2) is 9.59 Å². The van der Waals surface area contributed by atoms with E-state index in [1.54, 1.807) is 40.0 Å². The zero-order valence-electron chi connectivity index (χ0n) is 37.9. The molecule has 10 nitrogen and oxygen atoms in total. The highest BCUT2D eigenvalue weighted by molar-refractivity contribution is 6.98. The van der Waals surface area contributed by atoms with Crippen LogP contribution in [-0.2, 0) is 33.2 Å². The summed E-state index contributed by atoms with van der Waals surface area (Å²) in [5.41, 5.74) is -0.0453. The fourth-order valence-corrected chi connectivity index (χ4v) is 13.0. The number of cyclic esters (lactones) is 1. The highest BCUT2D eigenvalue weighted by atomic mass is 28.4. The van der Waals surface area contributed by atoms with E-state index in [0.717, 1.165) is 23.2 Å². The lowest BCUT2D eigenvalue weighted by atomic mass is 9.79. The maximum atomic E-state index is 13.2. The summed E-state index contributed by atoms with van der Waals surface area (Å²) < 4.78 is 38.3. The molecule has 2 aliphatic heterocycles. The summed E-state index contributed by atoms with van der Waals surface area (Å²) in [4.78, 5) is 41.2. The van der Waals surface area contributed by atoms with Gasteiger partial charge >= 0.3 is 11.9 Å². The highest BCUT2D eigenvalue weighted by Gasteiger charge is 2.52. The lowest BCUT2D eigenvalue weighted by Crippen LogP contribution is -2.65. The third-order valence-electron chi connectivity index (χ3n) is 12.9. The number of carbonyl (C=O) groups is 2. The fraction of sp³-hybridized carbons (Fsp3) is 0.551. The van der Waals surface area contributed by atoms with Crippen molar-refractivity contribution in [2.75, 3.05) is 27.8 Å². The molecule has 0 aromatic heterocycles. The first-order valence-corrected chi connectivity index (χ1v) is 23.4. The van der Waals surface area contributed by atoms with Crippen LogP contribution >= 0.6 is 0 Å². The summed E-state index contributed by atoms with van der Waals surface area (Å²) in [5.74, 6) is -1.96. The Morgan fingerprint density at radius 1 is 0.933 bits per heavy atom. The molecule has 3 aromatic rings. The quantitative estimate of drug-likeness (QED) is 0.100. The Bertz CT molecular complexity index is 1860. The van der Waals surface area contributed by atoms with Gasteiger partial charge in [0.25, 0.3) is 8.32 Å². The molecule has 8 atom stereocenters. The van der Waals surface area contributed by atoms with Crippen LogP contribution in [0.15, 0.2) is 102 Å². The van der Waals surface area contributed by atoms with E-state index < -0.39 is 61.1 Å². The molecular weight excluding hydrogens is 775 g/mol. The first-order valence-electron chi connectivity index (χ1n) is 21.4. The van der Waals surface area contributed by atoms with Gasteiger partial charge in [-0.1, -0.05) is 120 Å². The van der Waals surface area contributed by atoms with Crippen LogP contribution < -0.4 is 10.4 Å². The van der Waals surface area contributed by atoms with Gasteiger partial charge in [0.05, 0.1) is 28.9 Å². The Kier molecular flexibility index (Phi) is 15.3. The van der Waals surface area contributed by atoms with E-state index in [1.807, 2.05) is 75.6 Å². The summed E-state index contributed by atoms with van der Waals surface area (Å²) in [7, 11) is 2.56. The number of benzene rings is 3. The highest BCUT2D eigenvalue weighted by Crippen LogP contribution is 2.45. The molecule has 0 amide bonds. The summed E-state index contributed by atoms with van der Waals surface area (Å²) in [5, 5.41) is 1.55. The van der Waals surface area contributed by atoms with E-state index in [9.17, 15) is 14.4 Å². The molecule has 0 saturated carbocycles. The summed E-state index contributed by atoms with van der Waals surface area (Å²) in [6.45, 7) is 18.0. The Morgan fingerprint density at radius 2 is 1.48 bits per heavy atom. The van der Waals surface area contributed by atoms with Crippen LogP contribution in [0, 0.1) is 17.8 Å². The second kappa shape index (κ2) is 19.5. The van der Waals surface area contributed by atoms with Crippen LogP contribution in [-0.4, -0.2) is 93.7 Å². The van der Waals surface area contributed by atoms with Crippen LogP contribution in [0.1, 0.15) is 98.4 Å². The third-order valence-corrected chi connectivity index (χ3v) is 17.5. The maximum absolute atomic E-state index is 13.2. The van der Waals surface area contributed by atoms with Gasteiger partial charge in [-0.05, 0) is 80.7 Å². The van der Waals surface area contributed by atoms with Crippen molar-refractivity contribution in [2.24, 2.45) is 17.8 Å².